The minimum atomic E-state index is 0.299. The minimum absolute atomic E-state index is 0.299. The molecule has 1 fully saturated rings. The van der Waals surface area contributed by atoms with E-state index in [1.165, 1.54) is 29.5 Å². The van der Waals surface area contributed by atoms with E-state index in [4.69, 9.17) is 0 Å². The molecule has 0 bridgehead atoms. The molecule has 3 nitrogen and oxygen atoms in total. The molecule has 0 saturated carbocycles. The van der Waals surface area contributed by atoms with Gasteiger partial charge in [-0.1, -0.05) is 35.7 Å². The van der Waals surface area contributed by atoms with Crippen molar-refractivity contribution in [2.24, 2.45) is 0 Å². The number of carbonyl (C=O) groups excluding carboxylic acids is 1. The topological polar surface area (TPSA) is 23.6 Å². The quantitative estimate of drug-likeness (QED) is 0.824. The van der Waals surface area contributed by atoms with Crippen molar-refractivity contribution in [3.8, 4) is 0 Å². The van der Waals surface area contributed by atoms with Gasteiger partial charge in [0, 0.05) is 24.9 Å². The second-order valence-electron chi connectivity index (χ2n) is 6.94. The Kier molecular flexibility index (Phi) is 6.97. The molecule has 1 amide bonds. The highest BCUT2D eigenvalue weighted by molar-refractivity contribution is 7.99. The van der Waals surface area contributed by atoms with Crippen LogP contribution in [-0.2, 0) is 10.5 Å². The number of amides is 1. The summed E-state index contributed by atoms with van der Waals surface area (Å²) in [6.07, 6.45) is 3.56. The van der Waals surface area contributed by atoms with E-state index in [0.717, 1.165) is 25.3 Å². The SMILES string of the molecule is Cc1cc(C)cc(CSCC(=O)N2CCCC[C@H](N(C)C)C2)c1. The first-order chi connectivity index (χ1) is 11.0. The van der Waals surface area contributed by atoms with E-state index in [1.807, 2.05) is 0 Å². The summed E-state index contributed by atoms with van der Waals surface area (Å²) in [5.74, 6) is 1.81. The molecule has 1 aromatic rings. The van der Waals surface area contributed by atoms with E-state index < -0.39 is 0 Å². The van der Waals surface area contributed by atoms with E-state index in [0.29, 0.717) is 17.7 Å². The number of carbonyl (C=O) groups is 1. The molecular weight excluding hydrogens is 304 g/mol. The third-order valence-corrected chi connectivity index (χ3v) is 5.49. The monoisotopic (exact) mass is 334 g/mol. The summed E-state index contributed by atoms with van der Waals surface area (Å²) < 4.78 is 0. The first kappa shape index (κ1) is 18.3. The smallest absolute Gasteiger partial charge is 0.232 e. The second-order valence-corrected chi connectivity index (χ2v) is 7.93. The van der Waals surface area contributed by atoms with Crippen molar-refractivity contribution in [2.45, 2.75) is 44.9 Å². The Hall–Kier alpha value is -1.00. The number of thioether (sulfide) groups is 1. The third-order valence-electron chi connectivity index (χ3n) is 4.51. The molecular formula is C19H30N2OS. The molecule has 0 aromatic heterocycles. The summed E-state index contributed by atoms with van der Waals surface area (Å²) in [5, 5.41) is 0. The average molecular weight is 335 g/mol. The van der Waals surface area contributed by atoms with E-state index in [2.05, 4.69) is 55.9 Å². The average Bonchev–Trinajstić information content (AvgIpc) is 2.72. The van der Waals surface area contributed by atoms with Crippen LogP contribution in [0.5, 0.6) is 0 Å². The van der Waals surface area contributed by atoms with Crippen LogP contribution in [0.4, 0.5) is 0 Å². The zero-order chi connectivity index (χ0) is 16.8. The Bertz CT molecular complexity index is 510. The Morgan fingerprint density at radius 2 is 1.91 bits per heavy atom. The predicted octanol–water partition coefficient (Wildman–Crippen LogP) is 3.48. The molecule has 0 spiro atoms. The van der Waals surface area contributed by atoms with Gasteiger partial charge in [0.2, 0.25) is 5.91 Å². The molecule has 1 saturated heterocycles. The van der Waals surface area contributed by atoms with Crippen molar-refractivity contribution in [1.29, 1.82) is 0 Å². The molecule has 0 radical (unpaired) electrons. The molecule has 1 aromatic carbocycles. The number of hydrogen-bond donors (Lipinski definition) is 0. The van der Waals surface area contributed by atoms with Crippen molar-refractivity contribution in [2.75, 3.05) is 32.9 Å². The number of rotatable bonds is 5. The molecule has 128 valence electrons. The zero-order valence-electron chi connectivity index (χ0n) is 15.0. The summed E-state index contributed by atoms with van der Waals surface area (Å²) in [4.78, 5) is 16.9. The van der Waals surface area contributed by atoms with Gasteiger partial charge in [0.15, 0.2) is 0 Å². The fraction of sp³-hybridized carbons (Fsp3) is 0.632. The van der Waals surface area contributed by atoms with Gasteiger partial charge in [0.25, 0.3) is 0 Å². The second kappa shape index (κ2) is 8.74. The summed E-state index contributed by atoms with van der Waals surface area (Å²) in [7, 11) is 4.24. The molecule has 0 aliphatic carbocycles. The molecule has 1 aliphatic rings. The van der Waals surface area contributed by atoms with Gasteiger partial charge >= 0.3 is 0 Å². The highest BCUT2D eigenvalue weighted by Gasteiger charge is 2.22. The molecule has 2 rings (SSSR count). The van der Waals surface area contributed by atoms with Crippen LogP contribution in [-0.4, -0.2) is 54.7 Å². The lowest BCUT2D eigenvalue weighted by atomic mass is 10.1. The summed E-state index contributed by atoms with van der Waals surface area (Å²) in [6.45, 7) is 6.07. The summed E-state index contributed by atoms with van der Waals surface area (Å²) in [6, 6.07) is 7.14. The number of nitrogens with zero attached hydrogens (tertiary/aromatic N) is 2. The maximum atomic E-state index is 12.5. The van der Waals surface area contributed by atoms with Crippen LogP contribution in [0.25, 0.3) is 0 Å². The minimum Gasteiger partial charge on any atom is -0.340 e. The van der Waals surface area contributed by atoms with Gasteiger partial charge in [-0.25, -0.2) is 0 Å². The van der Waals surface area contributed by atoms with Crippen LogP contribution in [0.2, 0.25) is 0 Å². The van der Waals surface area contributed by atoms with Gasteiger partial charge < -0.3 is 9.80 Å². The van der Waals surface area contributed by atoms with Crippen molar-refractivity contribution in [3.63, 3.8) is 0 Å². The van der Waals surface area contributed by atoms with Gasteiger partial charge in [0.05, 0.1) is 5.75 Å². The maximum Gasteiger partial charge on any atom is 0.232 e. The first-order valence-electron chi connectivity index (χ1n) is 8.55. The van der Waals surface area contributed by atoms with Crippen molar-refractivity contribution in [1.82, 2.24) is 9.80 Å². The molecule has 0 unspecified atom stereocenters. The standard InChI is InChI=1S/C19H30N2OS/c1-15-9-16(2)11-17(10-15)13-23-14-19(22)21-8-6-5-7-18(12-21)20(3)4/h9-11,18H,5-8,12-14H2,1-4H3/t18-/m0/s1. The lowest BCUT2D eigenvalue weighted by Crippen LogP contribution is -2.42. The summed E-state index contributed by atoms with van der Waals surface area (Å²) >= 11 is 1.74. The Morgan fingerprint density at radius 1 is 1.22 bits per heavy atom. The molecule has 1 atom stereocenters. The molecule has 1 heterocycles. The maximum absolute atomic E-state index is 12.5. The van der Waals surface area contributed by atoms with Crippen LogP contribution < -0.4 is 0 Å². The fourth-order valence-corrected chi connectivity index (χ4v) is 4.13. The van der Waals surface area contributed by atoms with Crippen LogP contribution in [0.15, 0.2) is 18.2 Å². The van der Waals surface area contributed by atoms with E-state index in [9.17, 15) is 4.79 Å². The van der Waals surface area contributed by atoms with Crippen LogP contribution in [0.1, 0.15) is 36.0 Å². The first-order valence-corrected chi connectivity index (χ1v) is 9.70. The Morgan fingerprint density at radius 3 is 2.57 bits per heavy atom. The largest absolute Gasteiger partial charge is 0.340 e. The van der Waals surface area contributed by atoms with Crippen molar-refractivity contribution < 1.29 is 4.79 Å². The lowest BCUT2D eigenvalue weighted by molar-refractivity contribution is -0.128. The third kappa shape index (κ3) is 5.85. The molecule has 0 N–H and O–H groups in total. The summed E-state index contributed by atoms with van der Waals surface area (Å²) in [5.41, 5.74) is 3.92. The molecule has 4 heteroatoms. The highest BCUT2D eigenvalue weighted by atomic mass is 32.2. The van der Waals surface area contributed by atoms with Gasteiger partial charge in [-0.2, -0.15) is 0 Å². The predicted molar refractivity (Wildman–Crippen MR) is 100.0 cm³/mol. The van der Waals surface area contributed by atoms with Gasteiger partial charge in [0.1, 0.15) is 0 Å². The number of hydrogen-bond acceptors (Lipinski definition) is 3. The number of likely N-dealkylation sites (tertiary alicyclic amines) is 1. The molecule has 23 heavy (non-hydrogen) atoms. The van der Waals surface area contributed by atoms with Crippen molar-refractivity contribution in [3.05, 3.63) is 34.9 Å². The Labute approximate surface area is 145 Å². The number of likely N-dealkylation sites (N-methyl/N-ethyl adjacent to an activating group) is 1. The fourth-order valence-electron chi connectivity index (χ4n) is 3.27. The highest BCUT2D eigenvalue weighted by Crippen LogP contribution is 2.18. The van der Waals surface area contributed by atoms with Crippen LogP contribution >= 0.6 is 11.8 Å². The van der Waals surface area contributed by atoms with E-state index >= 15 is 0 Å². The van der Waals surface area contributed by atoms with Crippen molar-refractivity contribution >= 4 is 17.7 Å². The van der Waals surface area contributed by atoms with E-state index in [1.54, 1.807) is 11.8 Å². The van der Waals surface area contributed by atoms with Gasteiger partial charge in [-0.3, -0.25) is 4.79 Å². The Balaban J connectivity index is 1.83. The van der Waals surface area contributed by atoms with Gasteiger partial charge in [-0.15, -0.1) is 11.8 Å². The van der Waals surface area contributed by atoms with Gasteiger partial charge in [-0.05, 0) is 46.3 Å². The number of aryl methyl sites for hydroxylation is 2. The normalized spacial score (nSPS) is 19.0. The molecule has 1 aliphatic heterocycles. The van der Waals surface area contributed by atoms with Crippen LogP contribution in [0.3, 0.4) is 0 Å². The van der Waals surface area contributed by atoms with E-state index in [-0.39, 0.29) is 0 Å². The number of benzene rings is 1. The lowest BCUT2D eigenvalue weighted by Gasteiger charge is -2.28. The zero-order valence-corrected chi connectivity index (χ0v) is 15.8. The van der Waals surface area contributed by atoms with Crippen LogP contribution in [0, 0.1) is 13.8 Å².